The molecule has 2 saturated heterocycles. The van der Waals surface area contributed by atoms with Crippen molar-refractivity contribution in [2.45, 2.75) is 31.7 Å². The van der Waals surface area contributed by atoms with Crippen LogP contribution in [-0.4, -0.2) is 82.5 Å². The lowest BCUT2D eigenvalue weighted by molar-refractivity contribution is -0.148. The van der Waals surface area contributed by atoms with Crippen LogP contribution in [0.5, 0.6) is 0 Å². The van der Waals surface area contributed by atoms with Crippen LogP contribution in [-0.2, 0) is 19.4 Å². The van der Waals surface area contributed by atoms with Crippen molar-refractivity contribution in [1.82, 2.24) is 24.0 Å². The monoisotopic (exact) mass is 677 g/mol. The number of morpholine rings is 1. The van der Waals surface area contributed by atoms with Crippen molar-refractivity contribution < 1.29 is 13.8 Å². The molecule has 0 bridgehead atoms. The van der Waals surface area contributed by atoms with E-state index >= 15 is 0 Å². The fourth-order valence-electron chi connectivity index (χ4n) is 6.77. The lowest BCUT2D eigenvalue weighted by Crippen LogP contribution is -2.58. The van der Waals surface area contributed by atoms with Gasteiger partial charge in [0.2, 0.25) is 0 Å². The summed E-state index contributed by atoms with van der Waals surface area (Å²) in [6.45, 7) is 4.21. The van der Waals surface area contributed by atoms with Gasteiger partial charge in [0.05, 0.1) is 18.2 Å². The zero-order valence-electron chi connectivity index (χ0n) is 26.7. The molecular weight excluding hydrogens is 637 g/mol. The van der Waals surface area contributed by atoms with Crippen molar-refractivity contribution in [2.75, 3.05) is 52.4 Å². The maximum atomic E-state index is 13.7. The number of halogens is 1. The normalized spacial score (nSPS) is 21.3. The number of H-pyrrole nitrogens is 1. The summed E-state index contributed by atoms with van der Waals surface area (Å²) in [4.78, 5) is 32.6. The van der Waals surface area contributed by atoms with Gasteiger partial charge in [-0.1, -0.05) is 97.9 Å². The number of piperazine rings is 1. The number of nitrogens with zero attached hydrogens (tertiary/aromatic N) is 4. The SMILES string of the molecule is CCN1CCN(P(=O)(Cl)OC[C@@H]2CN(C(c3ccccc3)(c3ccccc3)c3ccccc3)C[C@H](n3cc(C)c(=O)[nH]c3=O)O2)CC1. The van der Waals surface area contributed by atoms with Gasteiger partial charge in [0.25, 0.3) is 5.56 Å². The third-order valence-corrected chi connectivity index (χ3v) is 11.7. The average Bonchev–Trinajstić information content (AvgIpc) is 3.11. The molecule has 2 fully saturated rings. The van der Waals surface area contributed by atoms with Crippen molar-refractivity contribution in [2.24, 2.45) is 0 Å². The van der Waals surface area contributed by atoms with Crippen LogP contribution >= 0.6 is 18.1 Å². The fraction of sp³-hybridized carbons (Fsp3) is 0.371. The van der Waals surface area contributed by atoms with Gasteiger partial charge in [0.15, 0.2) is 6.23 Å². The first-order valence-corrected chi connectivity index (χ1v) is 18.5. The Morgan fingerprint density at radius 3 is 1.91 bits per heavy atom. The molecule has 3 aromatic carbocycles. The number of nitrogens with one attached hydrogen (secondary N) is 1. The molecule has 0 saturated carbocycles. The van der Waals surface area contributed by atoms with Crippen molar-refractivity contribution >= 4 is 18.1 Å². The molecule has 4 aromatic rings. The molecule has 47 heavy (non-hydrogen) atoms. The topological polar surface area (TPSA) is 100 Å². The predicted molar refractivity (Wildman–Crippen MR) is 184 cm³/mol. The quantitative estimate of drug-likeness (QED) is 0.184. The van der Waals surface area contributed by atoms with Crippen LogP contribution in [0, 0.1) is 6.92 Å². The standard InChI is InChI=1S/C35H41ClN5O5P/c1-3-38-19-21-40(22-20-38)47(36,44)45-26-31-24-39(25-32(46-31)41-23-27(2)33(42)37-34(41)43)35(28-13-7-4-8-14-28,29-15-9-5-10-16-29)30-17-11-6-12-18-30/h4-18,23,31-32H,3,19-22,24-26H2,1-2H3,(H,37,42,43)/t31-,32+,47?/m0/s1. The summed E-state index contributed by atoms with van der Waals surface area (Å²) in [6.07, 6.45) is 0.0911. The van der Waals surface area contributed by atoms with Crippen molar-refractivity contribution in [1.29, 1.82) is 0 Å². The number of rotatable bonds is 10. The first kappa shape index (κ1) is 33.6. The molecule has 10 nitrogen and oxygen atoms in total. The van der Waals surface area contributed by atoms with E-state index in [1.165, 1.54) is 10.8 Å². The van der Waals surface area contributed by atoms with Gasteiger partial charge in [-0.3, -0.25) is 23.8 Å². The highest BCUT2D eigenvalue weighted by molar-refractivity contribution is 7.83. The second-order valence-corrected chi connectivity index (χ2v) is 15.0. The van der Waals surface area contributed by atoms with Crippen LogP contribution in [0.25, 0.3) is 0 Å². The van der Waals surface area contributed by atoms with Crippen LogP contribution in [0.4, 0.5) is 0 Å². The lowest BCUT2D eigenvalue weighted by atomic mass is 9.75. The zero-order valence-corrected chi connectivity index (χ0v) is 28.4. The minimum atomic E-state index is -3.66. The van der Waals surface area contributed by atoms with E-state index in [1.54, 1.807) is 11.6 Å². The fourth-order valence-corrected chi connectivity index (χ4v) is 8.56. The number of ether oxygens (including phenoxy) is 1. The molecule has 2 aliphatic heterocycles. The number of aryl methyl sites for hydroxylation is 1. The number of aromatic nitrogens is 2. The number of aromatic amines is 1. The molecule has 248 valence electrons. The first-order valence-electron chi connectivity index (χ1n) is 16.0. The summed E-state index contributed by atoms with van der Waals surface area (Å²) in [7, 11) is 0. The third kappa shape index (κ3) is 6.96. The minimum absolute atomic E-state index is 0.0622. The summed E-state index contributed by atoms with van der Waals surface area (Å²) in [5.74, 6) is 0. The average molecular weight is 678 g/mol. The minimum Gasteiger partial charge on any atom is -0.350 e. The highest BCUT2D eigenvalue weighted by Crippen LogP contribution is 2.56. The Kier molecular flexibility index (Phi) is 10.3. The highest BCUT2D eigenvalue weighted by Gasteiger charge is 2.47. The molecule has 12 heteroatoms. The maximum absolute atomic E-state index is 13.7. The molecule has 3 heterocycles. The van der Waals surface area contributed by atoms with Gasteiger partial charge >= 0.3 is 12.6 Å². The van der Waals surface area contributed by atoms with E-state index < -0.39 is 36.0 Å². The Hall–Kier alpha value is -3.34. The second kappa shape index (κ2) is 14.4. The third-order valence-electron chi connectivity index (χ3n) is 9.21. The Balaban J connectivity index is 1.43. The Morgan fingerprint density at radius 1 is 0.872 bits per heavy atom. The molecule has 3 atom stereocenters. The molecule has 6 rings (SSSR count). The lowest BCUT2D eigenvalue weighted by Gasteiger charge is -2.50. The summed E-state index contributed by atoms with van der Waals surface area (Å²) < 4.78 is 29.5. The van der Waals surface area contributed by atoms with E-state index in [0.717, 1.165) is 36.3 Å². The van der Waals surface area contributed by atoms with Gasteiger partial charge in [-0.2, -0.15) is 0 Å². The van der Waals surface area contributed by atoms with E-state index in [0.29, 0.717) is 25.2 Å². The molecule has 1 N–H and O–H groups in total. The van der Waals surface area contributed by atoms with Crippen molar-refractivity contribution in [3.63, 3.8) is 0 Å². The van der Waals surface area contributed by atoms with Crippen LogP contribution in [0.3, 0.4) is 0 Å². The summed E-state index contributed by atoms with van der Waals surface area (Å²) in [5.41, 5.74) is 1.63. The molecule has 0 radical (unpaired) electrons. The molecular formula is C35H41ClN5O5P. The van der Waals surface area contributed by atoms with E-state index in [1.807, 2.05) is 54.6 Å². The highest BCUT2D eigenvalue weighted by atomic mass is 35.7. The van der Waals surface area contributed by atoms with Gasteiger partial charge in [0, 0.05) is 51.0 Å². The van der Waals surface area contributed by atoms with Crippen molar-refractivity contribution in [3.8, 4) is 0 Å². The summed E-state index contributed by atoms with van der Waals surface area (Å²) in [6, 6.07) is 30.7. The molecule has 0 amide bonds. The number of likely N-dealkylation sites (N-methyl/N-ethyl adjacent to an activating group) is 1. The van der Waals surface area contributed by atoms with E-state index in [-0.39, 0.29) is 13.2 Å². The van der Waals surface area contributed by atoms with Crippen LogP contribution in [0.1, 0.15) is 35.4 Å². The van der Waals surface area contributed by atoms with E-state index in [2.05, 4.69) is 58.1 Å². The summed E-state index contributed by atoms with van der Waals surface area (Å²) in [5, 5.41) is 0. The largest absolute Gasteiger partial charge is 0.363 e. The van der Waals surface area contributed by atoms with Gasteiger partial charge < -0.3 is 14.2 Å². The smallest absolute Gasteiger partial charge is 0.350 e. The Labute approximate surface area is 279 Å². The number of hydrogen-bond acceptors (Lipinski definition) is 7. The second-order valence-electron chi connectivity index (χ2n) is 12.0. The van der Waals surface area contributed by atoms with Gasteiger partial charge in [-0.05, 0) is 41.4 Å². The van der Waals surface area contributed by atoms with Crippen LogP contribution < -0.4 is 11.2 Å². The summed E-state index contributed by atoms with van der Waals surface area (Å²) >= 11 is 6.63. The zero-order chi connectivity index (χ0) is 33.0. The Morgan fingerprint density at radius 2 is 1.40 bits per heavy atom. The molecule has 1 unspecified atom stereocenters. The molecule has 0 spiro atoms. The van der Waals surface area contributed by atoms with Crippen LogP contribution in [0.2, 0.25) is 0 Å². The van der Waals surface area contributed by atoms with Gasteiger partial charge in [-0.15, -0.1) is 0 Å². The number of hydrogen-bond donors (Lipinski definition) is 1. The molecule has 2 aliphatic rings. The van der Waals surface area contributed by atoms with E-state index in [9.17, 15) is 14.2 Å². The van der Waals surface area contributed by atoms with E-state index in [4.69, 9.17) is 20.5 Å². The molecule has 1 aromatic heterocycles. The predicted octanol–water partition coefficient (Wildman–Crippen LogP) is 5.04. The van der Waals surface area contributed by atoms with Crippen molar-refractivity contribution in [3.05, 3.63) is 140 Å². The van der Waals surface area contributed by atoms with Gasteiger partial charge in [0.1, 0.15) is 0 Å². The van der Waals surface area contributed by atoms with Gasteiger partial charge in [-0.25, -0.2) is 9.46 Å². The van der Waals surface area contributed by atoms with Crippen LogP contribution in [0.15, 0.2) is 107 Å². The first-order chi connectivity index (χ1) is 22.7. The molecule has 0 aliphatic carbocycles. The number of benzene rings is 3. The maximum Gasteiger partial charge on any atom is 0.363 e. The Bertz CT molecular complexity index is 1700.